The molecule has 0 amide bonds. The van der Waals surface area contributed by atoms with Crippen molar-refractivity contribution in [3.05, 3.63) is 28.2 Å². The Hall–Kier alpha value is -0.540. The summed E-state index contributed by atoms with van der Waals surface area (Å²) in [5.41, 5.74) is 2.53. The van der Waals surface area contributed by atoms with Gasteiger partial charge in [-0.05, 0) is 43.4 Å². The summed E-state index contributed by atoms with van der Waals surface area (Å²) in [6.45, 7) is 10.4. The summed E-state index contributed by atoms with van der Waals surface area (Å²) in [5.74, 6) is 0.776. The van der Waals surface area contributed by atoms with Crippen LogP contribution in [0.4, 0.5) is 5.69 Å². The van der Waals surface area contributed by atoms with Gasteiger partial charge in [0.1, 0.15) is 0 Å². The summed E-state index contributed by atoms with van der Waals surface area (Å²) in [4.78, 5) is 2.59. The van der Waals surface area contributed by atoms with E-state index in [1.54, 1.807) is 0 Å². The van der Waals surface area contributed by atoms with Gasteiger partial charge < -0.3 is 10.2 Å². The number of likely N-dealkylation sites (tertiary alicyclic amines) is 1. The third-order valence-corrected chi connectivity index (χ3v) is 4.61. The summed E-state index contributed by atoms with van der Waals surface area (Å²) in [6, 6.07) is 7.16. The van der Waals surface area contributed by atoms with Crippen LogP contribution in [0.15, 0.2) is 22.7 Å². The van der Waals surface area contributed by atoms with Crippen LogP contribution in [-0.2, 0) is 0 Å². The SMILES string of the molecule is Cc1ccc(NC2CCN(CC(C)C)CC2)cc1Br. The first-order chi connectivity index (χ1) is 9.04. The lowest BCUT2D eigenvalue weighted by molar-refractivity contribution is 0.198. The number of piperidine rings is 1. The number of hydrogen-bond acceptors (Lipinski definition) is 2. The van der Waals surface area contributed by atoms with Gasteiger partial charge in [-0.15, -0.1) is 0 Å². The smallest absolute Gasteiger partial charge is 0.0353 e. The van der Waals surface area contributed by atoms with Crippen LogP contribution in [0.5, 0.6) is 0 Å². The Bertz CT molecular complexity index is 409. The number of anilines is 1. The minimum Gasteiger partial charge on any atom is -0.382 e. The number of nitrogens with zero attached hydrogens (tertiary/aromatic N) is 1. The van der Waals surface area contributed by atoms with E-state index in [1.165, 1.54) is 48.2 Å². The molecule has 0 aromatic heterocycles. The lowest BCUT2D eigenvalue weighted by Crippen LogP contribution is -2.40. The molecule has 19 heavy (non-hydrogen) atoms. The fourth-order valence-corrected chi connectivity index (χ4v) is 3.07. The number of nitrogens with one attached hydrogen (secondary N) is 1. The first-order valence-electron chi connectivity index (χ1n) is 7.29. The van der Waals surface area contributed by atoms with Crippen molar-refractivity contribution < 1.29 is 0 Å². The molecule has 1 saturated heterocycles. The van der Waals surface area contributed by atoms with E-state index in [0.717, 1.165) is 5.92 Å². The molecule has 1 N–H and O–H groups in total. The highest BCUT2D eigenvalue weighted by Crippen LogP contribution is 2.23. The molecule has 1 aromatic rings. The Morgan fingerprint density at radius 1 is 1.32 bits per heavy atom. The van der Waals surface area contributed by atoms with Crippen molar-refractivity contribution >= 4 is 21.6 Å². The second-order valence-corrected chi connectivity index (χ2v) is 6.93. The van der Waals surface area contributed by atoms with Crippen molar-refractivity contribution in [2.24, 2.45) is 5.92 Å². The molecule has 0 atom stereocenters. The van der Waals surface area contributed by atoms with E-state index in [-0.39, 0.29) is 0 Å². The molecule has 1 aliphatic heterocycles. The molecule has 2 rings (SSSR count). The van der Waals surface area contributed by atoms with Crippen LogP contribution in [0, 0.1) is 12.8 Å². The van der Waals surface area contributed by atoms with Crippen LogP contribution in [0.2, 0.25) is 0 Å². The van der Waals surface area contributed by atoms with Crippen molar-refractivity contribution in [3.8, 4) is 0 Å². The Morgan fingerprint density at radius 3 is 2.58 bits per heavy atom. The van der Waals surface area contributed by atoms with Crippen LogP contribution in [0.3, 0.4) is 0 Å². The van der Waals surface area contributed by atoms with Crippen LogP contribution < -0.4 is 5.32 Å². The Kier molecular flexibility index (Phi) is 5.28. The van der Waals surface area contributed by atoms with Crippen LogP contribution >= 0.6 is 15.9 Å². The van der Waals surface area contributed by atoms with Crippen molar-refractivity contribution in [2.45, 2.75) is 39.7 Å². The maximum absolute atomic E-state index is 3.67. The normalized spacial score (nSPS) is 17.9. The Labute approximate surface area is 125 Å². The second kappa shape index (κ2) is 6.76. The van der Waals surface area contributed by atoms with Gasteiger partial charge >= 0.3 is 0 Å². The number of rotatable bonds is 4. The highest BCUT2D eigenvalue weighted by atomic mass is 79.9. The molecule has 1 fully saturated rings. The van der Waals surface area contributed by atoms with E-state index >= 15 is 0 Å². The lowest BCUT2D eigenvalue weighted by Gasteiger charge is -2.33. The van der Waals surface area contributed by atoms with Gasteiger partial charge in [-0.3, -0.25) is 0 Å². The van der Waals surface area contributed by atoms with Gasteiger partial charge in [0, 0.05) is 35.8 Å². The minimum atomic E-state index is 0.623. The predicted octanol–water partition coefficient (Wildman–Crippen LogP) is 4.29. The standard InChI is InChI=1S/C16H25BrN2/c1-12(2)11-19-8-6-14(7-9-19)18-15-5-4-13(3)16(17)10-15/h4-5,10,12,14,18H,6-9,11H2,1-3H3. The zero-order valence-electron chi connectivity index (χ0n) is 12.2. The van der Waals surface area contributed by atoms with Crippen LogP contribution in [0.25, 0.3) is 0 Å². The quantitative estimate of drug-likeness (QED) is 0.888. The molecular formula is C16H25BrN2. The minimum absolute atomic E-state index is 0.623. The van der Waals surface area contributed by atoms with E-state index < -0.39 is 0 Å². The number of halogens is 1. The van der Waals surface area contributed by atoms with E-state index in [2.05, 4.69) is 65.1 Å². The molecule has 1 heterocycles. The maximum Gasteiger partial charge on any atom is 0.0353 e. The summed E-state index contributed by atoms with van der Waals surface area (Å²) < 4.78 is 1.19. The molecule has 0 saturated carbocycles. The van der Waals surface area contributed by atoms with Gasteiger partial charge in [0.05, 0.1) is 0 Å². The van der Waals surface area contributed by atoms with Gasteiger partial charge in [-0.1, -0.05) is 35.8 Å². The van der Waals surface area contributed by atoms with Gasteiger partial charge in [-0.25, -0.2) is 0 Å². The summed E-state index contributed by atoms with van der Waals surface area (Å²) in [7, 11) is 0. The zero-order chi connectivity index (χ0) is 13.8. The molecule has 0 spiro atoms. The molecule has 1 aliphatic rings. The third kappa shape index (κ3) is 4.50. The first-order valence-corrected chi connectivity index (χ1v) is 8.09. The summed E-state index contributed by atoms with van der Waals surface area (Å²) in [5, 5.41) is 3.67. The van der Waals surface area contributed by atoms with E-state index in [0.29, 0.717) is 6.04 Å². The maximum atomic E-state index is 3.67. The number of aryl methyl sites for hydroxylation is 1. The van der Waals surface area contributed by atoms with Gasteiger partial charge in [0.15, 0.2) is 0 Å². The van der Waals surface area contributed by atoms with E-state index in [9.17, 15) is 0 Å². The highest BCUT2D eigenvalue weighted by Gasteiger charge is 2.19. The van der Waals surface area contributed by atoms with E-state index in [1.807, 2.05) is 0 Å². The number of hydrogen-bond donors (Lipinski definition) is 1. The Balaban J connectivity index is 1.83. The molecule has 1 aromatic carbocycles. The molecule has 0 bridgehead atoms. The van der Waals surface area contributed by atoms with Crippen LogP contribution in [-0.4, -0.2) is 30.6 Å². The van der Waals surface area contributed by atoms with Crippen molar-refractivity contribution in [1.82, 2.24) is 4.90 Å². The fourth-order valence-electron chi connectivity index (χ4n) is 2.69. The predicted molar refractivity (Wildman–Crippen MR) is 86.8 cm³/mol. The van der Waals surface area contributed by atoms with Crippen molar-refractivity contribution in [3.63, 3.8) is 0 Å². The van der Waals surface area contributed by atoms with Crippen molar-refractivity contribution in [2.75, 3.05) is 25.0 Å². The molecule has 0 radical (unpaired) electrons. The van der Waals surface area contributed by atoms with E-state index in [4.69, 9.17) is 0 Å². The average molecular weight is 325 g/mol. The molecular weight excluding hydrogens is 300 g/mol. The molecule has 0 aliphatic carbocycles. The Morgan fingerprint density at radius 2 is 2.00 bits per heavy atom. The van der Waals surface area contributed by atoms with Gasteiger partial charge in [0.2, 0.25) is 0 Å². The summed E-state index contributed by atoms with van der Waals surface area (Å²) >= 11 is 3.60. The molecule has 3 heteroatoms. The topological polar surface area (TPSA) is 15.3 Å². The number of benzene rings is 1. The molecule has 106 valence electrons. The second-order valence-electron chi connectivity index (χ2n) is 6.08. The summed E-state index contributed by atoms with van der Waals surface area (Å²) in [6.07, 6.45) is 2.50. The monoisotopic (exact) mass is 324 g/mol. The van der Waals surface area contributed by atoms with Crippen LogP contribution in [0.1, 0.15) is 32.3 Å². The molecule has 2 nitrogen and oxygen atoms in total. The molecule has 0 unspecified atom stereocenters. The average Bonchev–Trinajstić information content (AvgIpc) is 2.36. The van der Waals surface area contributed by atoms with Gasteiger partial charge in [0.25, 0.3) is 0 Å². The van der Waals surface area contributed by atoms with Crippen molar-refractivity contribution in [1.29, 1.82) is 0 Å². The third-order valence-electron chi connectivity index (χ3n) is 3.75. The first kappa shape index (κ1) is 14.9. The lowest BCUT2D eigenvalue weighted by atomic mass is 10.0. The fraction of sp³-hybridized carbons (Fsp3) is 0.625. The largest absolute Gasteiger partial charge is 0.382 e. The highest BCUT2D eigenvalue weighted by molar-refractivity contribution is 9.10. The zero-order valence-corrected chi connectivity index (χ0v) is 13.8. The van der Waals surface area contributed by atoms with Gasteiger partial charge in [-0.2, -0.15) is 0 Å².